The highest BCUT2D eigenvalue weighted by Crippen LogP contribution is 2.26. The van der Waals surface area contributed by atoms with Crippen LogP contribution in [0, 0.1) is 17.1 Å². The fourth-order valence-corrected chi connectivity index (χ4v) is 2.35. The maximum Gasteiger partial charge on any atom is 0.248 e. The van der Waals surface area contributed by atoms with Crippen molar-refractivity contribution in [1.82, 2.24) is 4.57 Å². The van der Waals surface area contributed by atoms with E-state index >= 15 is 0 Å². The number of hydrogen-bond donors (Lipinski definition) is 1. The monoisotopic (exact) mass is 305 g/mol. The lowest BCUT2D eigenvalue weighted by atomic mass is 10.1. The quantitative estimate of drug-likeness (QED) is 0.806. The van der Waals surface area contributed by atoms with E-state index in [4.69, 9.17) is 5.73 Å². The van der Waals surface area contributed by atoms with E-state index in [9.17, 15) is 14.4 Å². The van der Waals surface area contributed by atoms with Crippen molar-refractivity contribution in [3.05, 3.63) is 77.9 Å². The Bertz CT molecular complexity index is 903. The number of nitrogens with two attached hydrogens (primary N) is 1. The van der Waals surface area contributed by atoms with Crippen molar-refractivity contribution in [2.24, 2.45) is 5.73 Å². The number of carbonyl (C=O) groups excluding carboxylic acids is 1. The second-order valence-corrected chi connectivity index (χ2v) is 5.02. The fraction of sp³-hybridized carbons (Fsp3) is 0. The number of hydrogen-bond acceptors (Lipinski definition) is 2. The molecule has 0 aliphatic rings. The number of nitriles is 1. The molecule has 0 spiro atoms. The molecule has 0 aliphatic carbocycles. The molecular formula is C18H12FN3O. The summed E-state index contributed by atoms with van der Waals surface area (Å²) in [6.07, 6.45) is 3.49. The summed E-state index contributed by atoms with van der Waals surface area (Å²) in [6.45, 7) is 0. The zero-order chi connectivity index (χ0) is 16.4. The van der Waals surface area contributed by atoms with Crippen LogP contribution in [0.5, 0.6) is 0 Å². The van der Waals surface area contributed by atoms with Crippen molar-refractivity contribution in [3.63, 3.8) is 0 Å². The molecular weight excluding hydrogens is 293 g/mol. The first-order chi connectivity index (χ1) is 11.1. The Labute approximate surface area is 132 Å². The van der Waals surface area contributed by atoms with Crippen molar-refractivity contribution >= 4 is 5.91 Å². The van der Waals surface area contributed by atoms with E-state index in [0.29, 0.717) is 16.7 Å². The number of primary amides is 1. The van der Waals surface area contributed by atoms with E-state index in [1.54, 1.807) is 53.4 Å². The third-order valence-corrected chi connectivity index (χ3v) is 3.55. The van der Waals surface area contributed by atoms with Crippen LogP contribution in [0.4, 0.5) is 4.39 Å². The summed E-state index contributed by atoms with van der Waals surface area (Å²) in [6, 6.07) is 14.9. The molecule has 0 fully saturated rings. The van der Waals surface area contributed by atoms with Gasteiger partial charge in [0.2, 0.25) is 5.91 Å². The summed E-state index contributed by atoms with van der Waals surface area (Å²) in [5, 5.41) is 9.31. The number of halogens is 1. The molecule has 4 nitrogen and oxygen atoms in total. The zero-order valence-electron chi connectivity index (χ0n) is 12.0. The molecule has 0 unspecified atom stereocenters. The Morgan fingerprint density at radius 3 is 2.26 bits per heavy atom. The van der Waals surface area contributed by atoms with Gasteiger partial charge in [-0.2, -0.15) is 5.26 Å². The predicted molar refractivity (Wildman–Crippen MR) is 84.4 cm³/mol. The van der Waals surface area contributed by atoms with E-state index in [0.717, 1.165) is 11.3 Å². The standard InChI is InChI=1S/C18H12FN3O/c19-15-5-1-12(2-6-15)17-11-22(10-14(17)9-20)16-7-3-13(4-8-16)18(21)23/h1-8,10-11H,(H2,21,23). The van der Waals surface area contributed by atoms with E-state index in [2.05, 4.69) is 6.07 Å². The third-order valence-electron chi connectivity index (χ3n) is 3.55. The van der Waals surface area contributed by atoms with Crippen LogP contribution in [-0.2, 0) is 0 Å². The van der Waals surface area contributed by atoms with Crippen LogP contribution in [0.15, 0.2) is 60.9 Å². The van der Waals surface area contributed by atoms with Gasteiger partial charge in [0.1, 0.15) is 11.9 Å². The first kappa shape index (κ1) is 14.5. The summed E-state index contributed by atoms with van der Waals surface area (Å²) < 4.78 is 14.8. The first-order valence-corrected chi connectivity index (χ1v) is 6.87. The molecule has 0 radical (unpaired) electrons. The zero-order valence-corrected chi connectivity index (χ0v) is 12.0. The molecule has 3 aromatic rings. The smallest absolute Gasteiger partial charge is 0.248 e. The highest BCUT2D eigenvalue weighted by molar-refractivity contribution is 5.92. The lowest BCUT2D eigenvalue weighted by Crippen LogP contribution is -2.10. The van der Waals surface area contributed by atoms with Gasteiger partial charge < -0.3 is 10.3 Å². The Morgan fingerprint density at radius 1 is 1.04 bits per heavy atom. The highest BCUT2D eigenvalue weighted by Gasteiger charge is 2.10. The van der Waals surface area contributed by atoms with Crippen molar-refractivity contribution in [2.75, 3.05) is 0 Å². The Hall–Kier alpha value is -3.39. The Balaban J connectivity index is 2.03. The van der Waals surface area contributed by atoms with Gasteiger partial charge >= 0.3 is 0 Å². The summed E-state index contributed by atoms with van der Waals surface area (Å²) >= 11 is 0. The maximum absolute atomic E-state index is 13.1. The van der Waals surface area contributed by atoms with Gasteiger partial charge in [0.25, 0.3) is 0 Å². The lowest BCUT2D eigenvalue weighted by molar-refractivity contribution is 0.100. The summed E-state index contributed by atoms with van der Waals surface area (Å²) in [5.74, 6) is -0.817. The number of amides is 1. The van der Waals surface area contributed by atoms with Crippen molar-refractivity contribution < 1.29 is 9.18 Å². The Morgan fingerprint density at radius 2 is 1.70 bits per heavy atom. The molecule has 112 valence electrons. The average Bonchev–Trinajstić information content (AvgIpc) is 3.00. The van der Waals surface area contributed by atoms with E-state index in [1.165, 1.54) is 12.1 Å². The molecule has 1 heterocycles. The van der Waals surface area contributed by atoms with Gasteiger partial charge in [0, 0.05) is 29.2 Å². The molecule has 2 aromatic carbocycles. The second kappa shape index (κ2) is 5.78. The molecule has 0 saturated carbocycles. The van der Waals surface area contributed by atoms with Gasteiger partial charge in [-0.3, -0.25) is 4.79 Å². The summed E-state index contributed by atoms with van der Waals surface area (Å²) in [5.41, 5.74) is 8.39. The van der Waals surface area contributed by atoms with Crippen molar-refractivity contribution in [2.45, 2.75) is 0 Å². The van der Waals surface area contributed by atoms with Crippen molar-refractivity contribution in [1.29, 1.82) is 5.26 Å². The number of aromatic nitrogens is 1. The van der Waals surface area contributed by atoms with Crippen LogP contribution in [0.25, 0.3) is 16.8 Å². The minimum absolute atomic E-state index is 0.325. The van der Waals surface area contributed by atoms with Crippen LogP contribution in [0.1, 0.15) is 15.9 Å². The van der Waals surface area contributed by atoms with Gasteiger partial charge in [-0.1, -0.05) is 12.1 Å². The van der Waals surface area contributed by atoms with Gasteiger partial charge in [-0.25, -0.2) is 4.39 Å². The first-order valence-electron chi connectivity index (χ1n) is 6.87. The molecule has 23 heavy (non-hydrogen) atoms. The third kappa shape index (κ3) is 2.83. The minimum Gasteiger partial charge on any atom is -0.366 e. The van der Waals surface area contributed by atoms with Crippen LogP contribution in [-0.4, -0.2) is 10.5 Å². The predicted octanol–water partition coefficient (Wildman–Crippen LogP) is 3.25. The van der Waals surface area contributed by atoms with Gasteiger partial charge in [0.05, 0.1) is 5.56 Å². The van der Waals surface area contributed by atoms with Crippen molar-refractivity contribution in [3.8, 4) is 22.9 Å². The number of carbonyl (C=O) groups is 1. The molecule has 2 N–H and O–H groups in total. The topological polar surface area (TPSA) is 71.8 Å². The lowest BCUT2D eigenvalue weighted by Gasteiger charge is -2.03. The second-order valence-electron chi connectivity index (χ2n) is 5.02. The van der Waals surface area contributed by atoms with Crippen LogP contribution < -0.4 is 5.73 Å². The van der Waals surface area contributed by atoms with E-state index in [1.807, 2.05) is 0 Å². The minimum atomic E-state index is -0.492. The van der Waals surface area contributed by atoms with Gasteiger partial charge in [0.15, 0.2) is 0 Å². The highest BCUT2D eigenvalue weighted by atomic mass is 19.1. The molecule has 0 bridgehead atoms. The number of rotatable bonds is 3. The van der Waals surface area contributed by atoms with Crippen LogP contribution >= 0.6 is 0 Å². The molecule has 0 atom stereocenters. The van der Waals surface area contributed by atoms with Crippen LogP contribution in [0.2, 0.25) is 0 Å². The van der Waals surface area contributed by atoms with E-state index in [-0.39, 0.29) is 5.82 Å². The summed E-state index contributed by atoms with van der Waals surface area (Å²) in [7, 11) is 0. The van der Waals surface area contributed by atoms with E-state index < -0.39 is 5.91 Å². The SMILES string of the molecule is N#Cc1cn(-c2ccc(C(N)=O)cc2)cc1-c1ccc(F)cc1. The van der Waals surface area contributed by atoms with Gasteiger partial charge in [-0.15, -0.1) is 0 Å². The maximum atomic E-state index is 13.1. The normalized spacial score (nSPS) is 10.3. The molecule has 1 aromatic heterocycles. The van der Waals surface area contributed by atoms with Crippen LogP contribution in [0.3, 0.4) is 0 Å². The molecule has 1 amide bonds. The van der Waals surface area contributed by atoms with Gasteiger partial charge in [-0.05, 0) is 42.0 Å². The number of nitrogens with zero attached hydrogens (tertiary/aromatic N) is 2. The molecule has 5 heteroatoms. The fourth-order valence-electron chi connectivity index (χ4n) is 2.35. The molecule has 3 rings (SSSR count). The number of benzene rings is 2. The average molecular weight is 305 g/mol. The largest absolute Gasteiger partial charge is 0.366 e. The molecule has 0 aliphatic heterocycles. The molecule has 0 saturated heterocycles. The summed E-state index contributed by atoms with van der Waals surface area (Å²) in [4.78, 5) is 11.1. The Kier molecular flexibility index (Phi) is 3.65.